The fourth-order valence-electron chi connectivity index (χ4n) is 1.76. The number of aryl methyl sites for hydroxylation is 1. The first-order valence-electron chi connectivity index (χ1n) is 6.30. The summed E-state index contributed by atoms with van der Waals surface area (Å²) in [6.07, 6.45) is 0. The number of para-hydroxylation sites is 1. The standard InChI is InChI=1S/C15H13F3O3S/c1-11-6-8-12(9-7-11)10-21-13-4-2-3-5-14(13)22(19,20)15(16,17)18/h2-9H,10H2,1H3. The van der Waals surface area contributed by atoms with E-state index in [0.29, 0.717) is 0 Å². The fourth-order valence-corrected chi connectivity index (χ4v) is 2.66. The van der Waals surface area contributed by atoms with E-state index in [1.54, 1.807) is 12.1 Å². The fraction of sp³-hybridized carbons (Fsp3) is 0.200. The smallest absolute Gasteiger partial charge is 0.488 e. The molecule has 0 aliphatic carbocycles. The minimum Gasteiger partial charge on any atom is -0.488 e. The Balaban J connectivity index is 2.28. The number of benzene rings is 2. The van der Waals surface area contributed by atoms with Crippen LogP contribution in [0.5, 0.6) is 5.75 Å². The molecule has 0 spiro atoms. The van der Waals surface area contributed by atoms with Crippen molar-refractivity contribution in [3.63, 3.8) is 0 Å². The maximum atomic E-state index is 12.7. The molecular formula is C15H13F3O3S. The maximum Gasteiger partial charge on any atom is 0.502 e. The SMILES string of the molecule is Cc1ccc(COc2ccccc2S(=O)(=O)C(F)(F)F)cc1. The lowest BCUT2D eigenvalue weighted by Gasteiger charge is -2.13. The highest BCUT2D eigenvalue weighted by Gasteiger charge is 2.48. The Morgan fingerprint density at radius 1 is 1.00 bits per heavy atom. The van der Waals surface area contributed by atoms with E-state index in [-0.39, 0.29) is 12.4 Å². The molecule has 118 valence electrons. The van der Waals surface area contributed by atoms with Gasteiger partial charge in [0.05, 0.1) is 0 Å². The van der Waals surface area contributed by atoms with E-state index in [9.17, 15) is 21.6 Å². The van der Waals surface area contributed by atoms with Crippen molar-refractivity contribution in [3.05, 3.63) is 59.7 Å². The van der Waals surface area contributed by atoms with Gasteiger partial charge in [0.1, 0.15) is 17.3 Å². The Morgan fingerprint density at radius 3 is 2.18 bits per heavy atom. The van der Waals surface area contributed by atoms with Crippen molar-refractivity contribution in [1.82, 2.24) is 0 Å². The van der Waals surface area contributed by atoms with Crippen LogP contribution in [0.1, 0.15) is 11.1 Å². The van der Waals surface area contributed by atoms with Crippen molar-refractivity contribution in [2.75, 3.05) is 0 Å². The Bertz CT molecular complexity index is 750. The van der Waals surface area contributed by atoms with Gasteiger partial charge in [-0.1, -0.05) is 42.0 Å². The van der Waals surface area contributed by atoms with E-state index in [1.807, 2.05) is 19.1 Å². The van der Waals surface area contributed by atoms with E-state index in [1.165, 1.54) is 18.2 Å². The zero-order chi connectivity index (χ0) is 16.4. The number of hydrogen-bond donors (Lipinski definition) is 0. The maximum absolute atomic E-state index is 12.7. The summed E-state index contributed by atoms with van der Waals surface area (Å²) in [5.41, 5.74) is -3.61. The molecule has 0 amide bonds. The third-order valence-corrected chi connectivity index (χ3v) is 4.48. The van der Waals surface area contributed by atoms with Gasteiger partial charge in [0.25, 0.3) is 9.84 Å². The van der Waals surface area contributed by atoms with Crippen LogP contribution in [-0.4, -0.2) is 13.9 Å². The van der Waals surface area contributed by atoms with E-state index in [0.717, 1.165) is 17.2 Å². The van der Waals surface area contributed by atoms with Crippen molar-refractivity contribution in [1.29, 1.82) is 0 Å². The van der Waals surface area contributed by atoms with Gasteiger partial charge >= 0.3 is 5.51 Å². The third-order valence-electron chi connectivity index (χ3n) is 2.96. The summed E-state index contributed by atoms with van der Waals surface area (Å²) in [6.45, 7) is 1.88. The van der Waals surface area contributed by atoms with E-state index >= 15 is 0 Å². The van der Waals surface area contributed by atoms with Crippen LogP contribution >= 0.6 is 0 Å². The van der Waals surface area contributed by atoms with Crippen molar-refractivity contribution < 1.29 is 26.3 Å². The van der Waals surface area contributed by atoms with Crippen LogP contribution in [0.3, 0.4) is 0 Å². The molecule has 0 heterocycles. The summed E-state index contributed by atoms with van der Waals surface area (Å²) < 4.78 is 66.3. The van der Waals surface area contributed by atoms with Crippen molar-refractivity contribution >= 4 is 9.84 Å². The van der Waals surface area contributed by atoms with Crippen molar-refractivity contribution in [2.45, 2.75) is 23.9 Å². The Morgan fingerprint density at radius 2 is 1.59 bits per heavy atom. The van der Waals surface area contributed by atoms with E-state index < -0.39 is 20.2 Å². The molecule has 0 saturated carbocycles. The van der Waals surface area contributed by atoms with Gasteiger partial charge in [-0.15, -0.1) is 0 Å². The Hall–Kier alpha value is -2.02. The lowest BCUT2D eigenvalue weighted by atomic mass is 10.2. The zero-order valence-corrected chi connectivity index (χ0v) is 12.4. The molecule has 0 aromatic heterocycles. The summed E-state index contributed by atoms with van der Waals surface area (Å²) in [6, 6.07) is 11.9. The van der Waals surface area contributed by atoms with Gasteiger partial charge in [-0.2, -0.15) is 13.2 Å². The van der Waals surface area contributed by atoms with Gasteiger partial charge < -0.3 is 4.74 Å². The molecule has 0 N–H and O–H groups in total. The quantitative estimate of drug-likeness (QED) is 0.855. The van der Waals surface area contributed by atoms with Crippen LogP contribution < -0.4 is 4.74 Å². The van der Waals surface area contributed by atoms with Gasteiger partial charge in [-0.3, -0.25) is 0 Å². The largest absolute Gasteiger partial charge is 0.502 e. The van der Waals surface area contributed by atoms with Crippen LogP contribution in [0.2, 0.25) is 0 Å². The molecule has 0 atom stereocenters. The number of ether oxygens (including phenoxy) is 1. The molecule has 0 unspecified atom stereocenters. The average molecular weight is 330 g/mol. The highest BCUT2D eigenvalue weighted by atomic mass is 32.2. The topological polar surface area (TPSA) is 43.4 Å². The van der Waals surface area contributed by atoms with Crippen molar-refractivity contribution in [3.8, 4) is 5.75 Å². The lowest BCUT2D eigenvalue weighted by molar-refractivity contribution is -0.0437. The zero-order valence-electron chi connectivity index (χ0n) is 11.6. The van der Waals surface area contributed by atoms with Crippen LogP contribution in [0.25, 0.3) is 0 Å². The molecule has 3 nitrogen and oxygen atoms in total. The number of alkyl halides is 3. The molecule has 2 rings (SSSR count). The summed E-state index contributed by atoms with van der Waals surface area (Å²) in [4.78, 5) is -0.880. The number of rotatable bonds is 4. The second-order valence-corrected chi connectivity index (χ2v) is 6.58. The molecular weight excluding hydrogens is 317 g/mol. The molecule has 2 aromatic rings. The van der Waals surface area contributed by atoms with Crippen LogP contribution in [0, 0.1) is 6.92 Å². The first-order valence-corrected chi connectivity index (χ1v) is 7.79. The van der Waals surface area contributed by atoms with Crippen molar-refractivity contribution in [2.24, 2.45) is 0 Å². The monoisotopic (exact) mass is 330 g/mol. The third kappa shape index (κ3) is 3.41. The Kier molecular flexibility index (Phi) is 4.46. The van der Waals surface area contributed by atoms with Gasteiger partial charge in [-0.05, 0) is 24.6 Å². The van der Waals surface area contributed by atoms with E-state index in [4.69, 9.17) is 4.74 Å². The minimum atomic E-state index is -5.44. The highest BCUT2D eigenvalue weighted by molar-refractivity contribution is 7.92. The molecule has 0 radical (unpaired) electrons. The van der Waals surface area contributed by atoms with Gasteiger partial charge in [-0.25, -0.2) is 8.42 Å². The van der Waals surface area contributed by atoms with Crippen LogP contribution in [0.4, 0.5) is 13.2 Å². The van der Waals surface area contributed by atoms with Gasteiger partial charge in [0.2, 0.25) is 0 Å². The molecule has 0 aliphatic heterocycles. The molecule has 0 bridgehead atoms. The second-order valence-electron chi connectivity index (χ2n) is 4.67. The second kappa shape index (κ2) is 6.00. The molecule has 2 aromatic carbocycles. The molecule has 0 aliphatic rings. The molecule has 22 heavy (non-hydrogen) atoms. The lowest BCUT2D eigenvalue weighted by Crippen LogP contribution is -2.23. The van der Waals surface area contributed by atoms with Gasteiger partial charge in [0.15, 0.2) is 0 Å². The average Bonchev–Trinajstić information content (AvgIpc) is 2.46. The summed E-state index contributed by atoms with van der Waals surface area (Å²) >= 11 is 0. The van der Waals surface area contributed by atoms with Crippen LogP contribution in [-0.2, 0) is 16.4 Å². The summed E-state index contributed by atoms with van der Waals surface area (Å²) in [5.74, 6) is -0.319. The molecule has 0 saturated heterocycles. The predicted octanol–water partition coefficient (Wildman–Crippen LogP) is 3.87. The molecule has 7 heteroatoms. The first kappa shape index (κ1) is 16.4. The normalized spacial score (nSPS) is 12.2. The number of hydrogen-bond acceptors (Lipinski definition) is 3. The van der Waals surface area contributed by atoms with Gasteiger partial charge in [0, 0.05) is 0 Å². The first-order chi connectivity index (χ1) is 10.2. The number of halogens is 3. The van der Waals surface area contributed by atoms with Crippen LogP contribution in [0.15, 0.2) is 53.4 Å². The number of sulfone groups is 1. The Labute approximate surface area is 126 Å². The summed E-state index contributed by atoms with van der Waals surface area (Å²) in [7, 11) is -5.44. The minimum absolute atomic E-state index is 0.0231. The summed E-state index contributed by atoms with van der Waals surface area (Å²) in [5, 5.41) is 0. The van der Waals surface area contributed by atoms with E-state index in [2.05, 4.69) is 0 Å². The highest BCUT2D eigenvalue weighted by Crippen LogP contribution is 2.35. The molecule has 0 fully saturated rings. The predicted molar refractivity (Wildman–Crippen MR) is 75.2 cm³/mol.